The molecule has 1 aromatic heterocycles. The van der Waals surface area contributed by atoms with Crippen LogP contribution in [0.3, 0.4) is 0 Å². The molecule has 2 N–H and O–H groups in total. The van der Waals surface area contributed by atoms with Gasteiger partial charge in [0, 0.05) is 44.0 Å². The van der Waals surface area contributed by atoms with Gasteiger partial charge in [-0.2, -0.15) is 4.98 Å². The lowest BCUT2D eigenvalue weighted by Gasteiger charge is -2.29. The van der Waals surface area contributed by atoms with E-state index in [9.17, 15) is 4.79 Å². The fourth-order valence-electron chi connectivity index (χ4n) is 4.32. The van der Waals surface area contributed by atoms with Crippen LogP contribution in [0, 0.1) is 12.8 Å². The first-order chi connectivity index (χ1) is 16.0. The third-order valence-electron chi connectivity index (χ3n) is 6.28. The Morgan fingerprint density at radius 1 is 0.939 bits per heavy atom. The number of hydrogen-bond acceptors (Lipinski definition) is 5. The van der Waals surface area contributed by atoms with E-state index in [1.807, 2.05) is 74.4 Å². The second kappa shape index (κ2) is 10.5. The molecule has 0 aliphatic heterocycles. The molecule has 0 bridgehead atoms. The Morgan fingerprint density at radius 3 is 2.27 bits per heavy atom. The van der Waals surface area contributed by atoms with Crippen LogP contribution in [-0.2, 0) is 0 Å². The summed E-state index contributed by atoms with van der Waals surface area (Å²) in [6.45, 7) is 2.71. The molecule has 0 radical (unpaired) electrons. The third-order valence-corrected chi connectivity index (χ3v) is 6.28. The fourth-order valence-corrected chi connectivity index (χ4v) is 4.32. The normalized spacial score (nSPS) is 17.9. The highest BCUT2D eigenvalue weighted by Gasteiger charge is 2.22. The van der Waals surface area contributed by atoms with Gasteiger partial charge in [0.1, 0.15) is 5.82 Å². The van der Waals surface area contributed by atoms with Gasteiger partial charge in [0.05, 0.1) is 0 Å². The van der Waals surface area contributed by atoms with Crippen molar-refractivity contribution in [1.29, 1.82) is 0 Å². The predicted octanol–water partition coefficient (Wildman–Crippen LogP) is 4.92. The van der Waals surface area contributed by atoms with Gasteiger partial charge in [-0.1, -0.05) is 42.5 Å². The molecule has 1 saturated carbocycles. The lowest BCUT2D eigenvalue weighted by atomic mass is 9.86. The van der Waals surface area contributed by atoms with Gasteiger partial charge < -0.3 is 15.5 Å². The number of hydrogen-bond donors (Lipinski definition) is 2. The number of amides is 1. The van der Waals surface area contributed by atoms with E-state index in [0.717, 1.165) is 54.9 Å². The van der Waals surface area contributed by atoms with Crippen molar-refractivity contribution in [1.82, 2.24) is 15.3 Å². The number of rotatable bonds is 7. The van der Waals surface area contributed by atoms with Crippen LogP contribution < -0.4 is 15.5 Å². The number of carbonyl (C=O) groups excluding carboxylic acids is 1. The minimum absolute atomic E-state index is 0.000708. The van der Waals surface area contributed by atoms with Gasteiger partial charge in [0.15, 0.2) is 0 Å². The molecule has 1 heterocycles. The molecular weight excluding hydrogens is 410 g/mol. The molecule has 0 saturated heterocycles. The average molecular weight is 444 g/mol. The van der Waals surface area contributed by atoms with Crippen LogP contribution in [0.15, 0.2) is 60.7 Å². The molecule has 172 valence electrons. The maximum Gasteiger partial charge on any atom is 0.251 e. The van der Waals surface area contributed by atoms with Crippen molar-refractivity contribution < 1.29 is 4.79 Å². The summed E-state index contributed by atoms with van der Waals surface area (Å²) in [5, 5.41) is 6.64. The first kappa shape index (κ1) is 22.8. The molecule has 1 aliphatic rings. The highest BCUT2D eigenvalue weighted by molar-refractivity contribution is 5.94. The molecule has 3 aromatic rings. The average Bonchev–Trinajstić information content (AvgIpc) is 2.83. The molecule has 6 nitrogen and oxygen atoms in total. The molecule has 0 unspecified atom stereocenters. The molecule has 6 heteroatoms. The standard InChI is InChI=1S/C27H33N5O/c1-19-17-25(32(2)3)31-27(29-19)30-24-15-9-20(10-16-24)18-28-26(33)23-13-11-22(12-14-23)21-7-5-4-6-8-21/h4-8,11-14,17,20,24H,9-10,15-16,18H2,1-3H3,(H,28,33)(H,29,30,31). The summed E-state index contributed by atoms with van der Waals surface area (Å²) in [5.74, 6) is 2.12. The highest BCUT2D eigenvalue weighted by atomic mass is 16.1. The molecule has 33 heavy (non-hydrogen) atoms. The largest absolute Gasteiger partial charge is 0.363 e. The number of carbonyl (C=O) groups is 1. The van der Waals surface area contributed by atoms with Gasteiger partial charge in [-0.3, -0.25) is 4.79 Å². The van der Waals surface area contributed by atoms with Crippen LogP contribution in [0.4, 0.5) is 11.8 Å². The van der Waals surface area contributed by atoms with Crippen molar-refractivity contribution in [2.24, 2.45) is 5.92 Å². The maximum atomic E-state index is 12.6. The summed E-state index contributed by atoms with van der Waals surface area (Å²) >= 11 is 0. The van der Waals surface area contributed by atoms with Crippen molar-refractivity contribution in [2.45, 2.75) is 38.6 Å². The van der Waals surface area contributed by atoms with Crippen LogP contribution in [0.1, 0.15) is 41.7 Å². The molecule has 0 atom stereocenters. The number of aryl methyl sites for hydroxylation is 1. The Balaban J connectivity index is 1.24. The summed E-state index contributed by atoms with van der Waals surface area (Å²) < 4.78 is 0. The Hall–Kier alpha value is -3.41. The number of benzene rings is 2. The number of anilines is 2. The molecule has 1 fully saturated rings. The first-order valence-corrected chi connectivity index (χ1v) is 11.7. The van der Waals surface area contributed by atoms with Gasteiger partial charge in [-0.15, -0.1) is 0 Å². The van der Waals surface area contributed by atoms with E-state index < -0.39 is 0 Å². The molecule has 4 rings (SSSR count). The smallest absolute Gasteiger partial charge is 0.251 e. The molecule has 1 aliphatic carbocycles. The van der Waals surface area contributed by atoms with Gasteiger partial charge >= 0.3 is 0 Å². The first-order valence-electron chi connectivity index (χ1n) is 11.7. The fraction of sp³-hybridized carbons (Fsp3) is 0.370. The van der Waals surface area contributed by atoms with E-state index in [4.69, 9.17) is 0 Å². The van der Waals surface area contributed by atoms with E-state index in [1.165, 1.54) is 0 Å². The highest BCUT2D eigenvalue weighted by Crippen LogP contribution is 2.26. The summed E-state index contributed by atoms with van der Waals surface area (Å²) in [4.78, 5) is 23.8. The summed E-state index contributed by atoms with van der Waals surface area (Å²) in [5.41, 5.74) is 3.94. The van der Waals surface area contributed by atoms with Crippen molar-refractivity contribution in [2.75, 3.05) is 30.9 Å². The summed E-state index contributed by atoms with van der Waals surface area (Å²) in [7, 11) is 3.98. The van der Waals surface area contributed by atoms with E-state index >= 15 is 0 Å². The minimum atomic E-state index is -0.000708. The summed E-state index contributed by atoms with van der Waals surface area (Å²) in [6, 6.07) is 20.4. The lowest BCUT2D eigenvalue weighted by Crippen LogP contribution is -2.34. The number of aromatic nitrogens is 2. The van der Waals surface area contributed by atoms with E-state index in [1.54, 1.807) is 0 Å². The Morgan fingerprint density at radius 2 is 1.61 bits per heavy atom. The van der Waals surface area contributed by atoms with E-state index in [-0.39, 0.29) is 5.91 Å². The van der Waals surface area contributed by atoms with Crippen LogP contribution in [0.5, 0.6) is 0 Å². The zero-order valence-electron chi connectivity index (χ0n) is 19.7. The Kier molecular flexibility index (Phi) is 7.23. The topological polar surface area (TPSA) is 70.2 Å². The van der Waals surface area contributed by atoms with E-state index in [2.05, 4.69) is 32.7 Å². The van der Waals surface area contributed by atoms with Gasteiger partial charge in [0.25, 0.3) is 5.91 Å². The zero-order chi connectivity index (χ0) is 23.2. The number of nitrogens with one attached hydrogen (secondary N) is 2. The molecular formula is C27H33N5O. The van der Waals surface area contributed by atoms with Crippen LogP contribution in [-0.4, -0.2) is 42.6 Å². The zero-order valence-corrected chi connectivity index (χ0v) is 19.7. The van der Waals surface area contributed by atoms with Gasteiger partial charge in [0.2, 0.25) is 5.95 Å². The van der Waals surface area contributed by atoms with Crippen molar-refractivity contribution in [3.05, 3.63) is 71.9 Å². The molecule has 0 spiro atoms. The molecule has 1 amide bonds. The van der Waals surface area contributed by atoms with Crippen molar-refractivity contribution in [3.8, 4) is 11.1 Å². The molecule has 2 aromatic carbocycles. The SMILES string of the molecule is Cc1cc(N(C)C)nc(NC2CCC(CNC(=O)c3ccc(-c4ccccc4)cc3)CC2)n1. The van der Waals surface area contributed by atoms with Crippen LogP contribution in [0.2, 0.25) is 0 Å². The monoisotopic (exact) mass is 443 g/mol. The van der Waals surface area contributed by atoms with Crippen molar-refractivity contribution >= 4 is 17.7 Å². The Labute approximate surface area is 196 Å². The predicted molar refractivity (Wildman–Crippen MR) is 135 cm³/mol. The van der Waals surface area contributed by atoms with Gasteiger partial charge in [-0.05, 0) is 61.8 Å². The lowest BCUT2D eigenvalue weighted by molar-refractivity contribution is 0.0943. The van der Waals surface area contributed by atoms with Crippen LogP contribution >= 0.6 is 0 Å². The van der Waals surface area contributed by atoms with E-state index in [0.29, 0.717) is 23.5 Å². The number of nitrogens with zero attached hydrogens (tertiary/aromatic N) is 3. The maximum absolute atomic E-state index is 12.6. The second-order valence-corrected chi connectivity index (χ2v) is 9.10. The van der Waals surface area contributed by atoms with Crippen molar-refractivity contribution in [3.63, 3.8) is 0 Å². The Bertz CT molecular complexity index is 1060. The van der Waals surface area contributed by atoms with Crippen LogP contribution in [0.25, 0.3) is 11.1 Å². The quantitative estimate of drug-likeness (QED) is 0.542. The second-order valence-electron chi connectivity index (χ2n) is 9.10. The summed E-state index contributed by atoms with van der Waals surface area (Å²) in [6.07, 6.45) is 4.27. The minimum Gasteiger partial charge on any atom is -0.363 e. The van der Waals surface area contributed by atoms with Gasteiger partial charge in [-0.25, -0.2) is 4.98 Å². The third kappa shape index (κ3) is 6.09.